The van der Waals surface area contributed by atoms with Gasteiger partial charge in [-0.3, -0.25) is 8.57 Å². The Bertz CT molecular complexity index is 1200. The Kier molecular flexibility index (Phi) is 9.62. The van der Waals surface area contributed by atoms with Gasteiger partial charge in [0, 0.05) is 26.2 Å². The molecule has 0 radical (unpaired) electrons. The summed E-state index contributed by atoms with van der Waals surface area (Å²) in [5.74, 6) is -0.359. The van der Waals surface area contributed by atoms with Crippen LogP contribution in [0.5, 0.6) is 0 Å². The van der Waals surface area contributed by atoms with Crippen molar-refractivity contribution in [3.8, 4) is 0 Å². The van der Waals surface area contributed by atoms with Crippen molar-refractivity contribution in [3.05, 3.63) is 71.8 Å². The van der Waals surface area contributed by atoms with Gasteiger partial charge in [0.2, 0.25) is 11.7 Å². The fourth-order valence-electron chi connectivity index (χ4n) is 4.48. The maximum absolute atomic E-state index is 12.8. The van der Waals surface area contributed by atoms with E-state index >= 15 is 0 Å². The van der Waals surface area contributed by atoms with E-state index in [1.54, 1.807) is 60.7 Å². The van der Waals surface area contributed by atoms with E-state index in [-0.39, 0.29) is 23.2 Å². The number of nitrogens with zero attached hydrogens (tertiary/aromatic N) is 4. The predicted molar refractivity (Wildman–Crippen MR) is 146 cm³/mol. The molecule has 2 heterocycles. The highest BCUT2D eigenvalue weighted by Crippen LogP contribution is 2.18. The van der Waals surface area contributed by atoms with Crippen LogP contribution in [0.15, 0.2) is 71.0 Å². The Balaban J connectivity index is 1.63. The molecule has 0 unspecified atom stereocenters. The molecule has 0 saturated carbocycles. The molecule has 4 rings (SSSR count). The molecule has 0 atom stereocenters. The Labute approximate surface area is 225 Å². The minimum absolute atomic E-state index is 0.165. The van der Waals surface area contributed by atoms with E-state index in [0.29, 0.717) is 37.3 Å². The van der Waals surface area contributed by atoms with Crippen LogP contribution in [0, 0.1) is 0 Å². The van der Waals surface area contributed by atoms with Crippen LogP contribution in [0.3, 0.4) is 0 Å². The zero-order valence-electron chi connectivity index (χ0n) is 21.3. The number of rotatable bonds is 8. The molecule has 38 heavy (non-hydrogen) atoms. The zero-order valence-corrected chi connectivity index (χ0v) is 22.9. The van der Waals surface area contributed by atoms with Crippen molar-refractivity contribution in [3.63, 3.8) is 0 Å². The van der Waals surface area contributed by atoms with Crippen LogP contribution in [-0.2, 0) is 40.3 Å². The lowest BCUT2D eigenvalue weighted by molar-refractivity contribution is 0.282. The minimum Gasteiger partial charge on any atom is -0.351 e. The van der Waals surface area contributed by atoms with Crippen molar-refractivity contribution in [1.82, 2.24) is 9.80 Å². The maximum Gasteiger partial charge on any atom is 0.332 e. The van der Waals surface area contributed by atoms with Gasteiger partial charge in [0.25, 0.3) is 0 Å². The number of oxime groups is 2. The summed E-state index contributed by atoms with van der Waals surface area (Å²) in [6.45, 7) is 2.46. The minimum atomic E-state index is -4.06. The maximum atomic E-state index is 12.8. The molecule has 206 valence electrons. The van der Waals surface area contributed by atoms with Gasteiger partial charge in [-0.15, -0.1) is 0 Å². The SMILES string of the molecule is O=S(=O)(Cc1ccccc1)ON=C(C(=NOS(=O)(=O)Cc1ccccc1)N1CCCCC1)N1CCCCC1. The summed E-state index contributed by atoms with van der Waals surface area (Å²) in [5, 5.41) is 8.17. The van der Waals surface area contributed by atoms with E-state index in [4.69, 9.17) is 8.57 Å². The summed E-state index contributed by atoms with van der Waals surface area (Å²) in [4.78, 5) is 3.78. The Morgan fingerprint density at radius 2 is 0.921 bits per heavy atom. The summed E-state index contributed by atoms with van der Waals surface area (Å²) in [5.41, 5.74) is 1.14. The molecular formula is C26H34N4O6S2. The van der Waals surface area contributed by atoms with Crippen molar-refractivity contribution in [2.45, 2.75) is 50.0 Å². The second-order valence-corrected chi connectivity index (χ2v) is 12.6. The van der Waals surface area contributed by atoms with E-state index in [1.807, 2.05) is 9.80 Å². The van der Waals surface area contributed by atoms with Crippen LogP contribution in [0.4, 0.5) is 0 Å². The lowest BCUT2D eigenvalue weighted by Crippen LogP contribution is -2.49. The number of hydrogen-bond acceptors (Lipinski definition) is 8. The van der Waals surface area contributed by atoms with Gasteiger partial charge < -0.3 is 9.80 Å². The smallest absolute Gasteiger partial charge is 0.332 e. The van der Waals surface area contributed by atoms with Crippen molar-refractivity contribution in [2.24, 2.45) is 10.3 Å². The molecular weight excluding hydrogens is 528 g/mol. The normalized spacial score (nSPS) is 17.8. The molecule has 2 aliphatic heterocycles. The van der Waals surface area contributed by atoms with E-state index in [1.165, 1.54) is 0 Å². The van der Waals surface area contributed by atoms with Gasteiger partial charge in [0.1, 0.15) is 11.5 Å². The van der Waals surface area contributed by atoms with Crippen LogP contribution >= 0.6 is 0 Å². The Morgan fingerprint density at radius 1 is 0.579 bits per heavy atom. The molecule has 0 amide bonds. The molecule has 2 saturated heterocycles. The monoisotopic (exact) mass is 562 g/mol. The first kappa shape index (κ1) is 27.9. The van der Waals surface area contributed by atoms with Crippen LogP contribution in [0.1, 0.15) is 49.7 Å². The first-order valence-corrected chi connectivity index (χ1v) is 16.0. The van der Waals surface area contributed by atoms with Gasteiger partial charge in [-0.05, 0) is 60.0 Å². The quantitative estimate of drug-likeness (QED) is 0.272. The third-order valence-corrected chi connectivity index (χ3v) is 8.34. The fraction of sp³-hybridized carbons (Fsp3) is 0.462. The largest absolute Gasteiger partial charge is 0.351 e. The molecule has 2 aromatic rings. The highest BCUT2D eigenvalue weighted by atomic mass is 32.2. The average molecular weight is 563 g/mol. The highest BCUT2D eigenvalue weighted by Gasteiger charge is 2.29. The Morgan fingerprint density at radius 3 is 1.26 bits per heavy atom. The van der Waals surface area contributed by atoms with Crippen LogP contribution in [0.25, 0.3) is 0 Å². The zero-order chi connectivity index (χ0) is 26.8. The molecule has 12 heteroatoms. The van der Waals surface area contributed by atoms with E-state index in [0.717, 1.165) is 38.5 Å². The summed E-state index contributed by atoms with van der Waals surface area (Å²) in [6.07, 6.45) is 5.61. The molecule has 2 fully saturated rings. The standard InChI is InChI=1S/C26H34N4O6S2/c31-37(32,21-23-13-5-1-6-14-23)35-27-25(29-17-9-3-10-18-29)26(30-19-11-4-12-20-30)28-36-38(33,34)22-24-15-7-2-8-16-24/h1-2,5-8,13-16H,3-4,9-12,17-22H2. The second-order valence-electron chi connectivity index (χ2n) is 9.45. The molecule has 10 nitrogen and oxygen atoms in total. The topological polar surface area (TPSA) is 118 Å². The third kappa shape index (κ3) is 8.45. The number of piperidine rings is 2. The third-order valence-electron chi connectivity index (χ3n) is 6.36. The van der Waals surface area contributed by atoms with Crippen molar-refractivity contribution < 1.29 is 25.4 Å². The van der Waals surface area contributed by atoms with Crippen LogP contribution in [-0.4, -0.2) is 64.5 Å². The average Bonchev–Trinajstić information content (AvgIpc) is 2.92. The number of benzene rings is 2. The molecule has 0 aliphatic carbocycles. The van der Waals surface area contributed by atoms with E-state index in [2.05, 4.69) is 10.3 Å². The summed E-state index contributed by atoms with van der Waals surface area (Å²) in [6, 6.07) is 17.4. The molecule has 2 aromatic carbocycles. The van der Waals surface area contributed by atoms with Crippen molar-refractivity contribution in [1.29, 1.82) is 0 Å². The van der Waals surface area contributed by atoms with Crippen molar-refractivity contribution in [2.75, 3.05) is 26.2 Å². The molecule has 2 aliphatic rings. The first-order chi connectivity index (χ1) is 18.3. The second kappa shape index (κ2) is 13.1. The molecule has 0 bridgehead atoms. The number of amidine groups is 2. The van der Waals surface area contributed by atoms with E-state index in [9.17, 15) is 16.8 Å². The lowest BCUT2D eigenvalue weighted by Gasteiger charge is -2.34. The van der Waals surface area contributed by atoms with Gasteiger partial charge >= 0.3 is 20.2 Å². The van der Waals surface area contributed by atoms with E-state index < -0.39 is 20.2 Å². The summed E-state index contributed by atoms with van der Waals surface area (Å²) < 4.78 is 61.4. The first-order valence-electron chi connectivity index (χ1n) is 12.9. The Hall–Kier alpha value is -3.12. The molecule has 0 aromatic heterocycles. The predicted octanol–water partition coefficient (Wildman–Crippen LogP) is 3.68. The molecule has 0 spiro atoms. The van der Waals surface area contributed by atoms with Crippen molar-refractivity contribution >= 4 is 31.9 Å². The lowest BCUT2D eigenvalue weighted by atomic mass is 10.1. The molecule has 0 N–H and O–H groups in total. The van der Waals surface area contributed by atoms with Crippen LogP contribution in [0.2, 0.25) is 0 Å². The van der Waals surface area contributed by atoms with Gasteiger partial charge in [-0.25, -0.2) is 0 Å². The van der Waals surface area contributed by atoms with Gasteiger partial charge in [-0.1, -0.05) is 60.7 Å². The highest BCUT2D eigenvalue weighted by molar-refractivity contribution is 7.86. The summed E-state index contributed by atoms with van der Waals surface area (Å²) in [7, 11) is -8.13. The number of hydrogen-bond donors (Lipinski definition) is 0. The van der Waals surface area contributed by atoms with Gasteiger partial charge in [0.15, 0.2) is 0 Å². The fourth-order valence-corrected chi connectivity index (χ4v) is 6.16. The van der Waals surface area contributed by atoms with Gasteiger partial charge in [0.05, 0.1) is 0 Å². The van der Waals surface area contributed by atoms with Crippen LogP contribution < -0.4 is 0 Å². The number of likely N-dealkylation sites (tertiary alicyclic amines) is 2. The summed E-state index contributed by atoms with van der Waals surface area (Å²) >= 11 is 0. The van der Waals surface area contributed by atoms with Gasteiger partial charge in [-0.2, -0.15) is 16.8 Å².